The number of likely N-dealkylation sites (N-methyl/N-ethyl adjacent to an activating group) is 1. The average Bonchev–Trinajstić information content (AvgIpc) is 3.33. The standard InChI is InChI=1S/C20H17FN4OS3/c1-25(2)18(26)8-17-24-14(9-27-17)10-28-20-19-15(22-11-23-20)7-16(29-19)12-3-5-13(21)6-4-12/h3-7,9,11H,8,10H2,1-2H3. The summed E-state index contributed by atoms with van der Waals surface area (Å²) < 4.78 is 14.2. The van der Waals surface area contributed by atoms with Crippen LogP contribution in [0.1, 0.15) is 10.7 Å². The fraction of sp³-hybridized carbons (Fsp3) is 0.200. The highest BCUT2D eigenvalue weighted by molar-refractivity contribution is 7.98. The summed E-state index contributed by atoms with van der Waals surface area (Å²) in [5.41, 5.74) is 2.77. The minimum Gasteiger partial charge on any atom is -0.348 e. The van der Waals surface area contributed by atoms with Crippen molar-refractivity contribution in [2.24, 2.45) is 0 Å². The van der Waals surface area contributed by atoms with Crippen molar-refractivity contribution in [3.63, 3.8) is 0 Å². The first kappa shape index (κ1) is 19.9. The summed E-state index contributed by atoms with van der Waals surface area (Å²) in [5.74, 6) is 0.464. The Hall–Kier alpha value is -2.36. The van der Waals surface area contributed by atoms with Crippen LogP contribution in [0.2, 0.25) is 0 Å². The number of carbonyl (C=O) groups is 1. The molecular formula is C20H17FN4OS3. The number of thiophene rings is 1. The van der Waals surface area contributed by atoms with E-state index in [0.717, 1.165) is 36.4 Å². The number of rotatable bonds is 6. The van der Waals surface area contributed by atoms with Crippen LogP contribution in [0.25, 0.3) is 20.7 Å². The second-order valence-electron chi connectivity index (χ2n) is 6.50. The lowest BCUT2D eigenvalue weighted by molar-refractivity contribution is -0.127. The number of hydrogen-bond donors (Lipinski definition) is 0. The van der Waals surface area contributed by atoms with Gasteiger partial charge in [-0.15, -0.1) is 22.7 Å². The molecule has 5 nitrogen and oxygen atoms in total. The van der Waals surface area contributed by atoms with Crippen molar-refractivity contribution in [3.8, 4) is 10.4 Å². The summed E-state index contributed by atoms with van der Waals surface area (Å²) in [7, 11) is 3.49. The third-order valence-corrected chi connectivity index (χ3v) is 7.39. The van der Waals surface area contributed by atoms with Crippen LogP contribution >= 0.6 is 34.4 Å². The van der Waals surface area contributed by atoms with E-state index < -0.39 is 0 Å². The molecule has 0 aliphatic heterocycles. The lowest BCUT2D eigenvalue weighted by Crippen LogP contribution is -2.23. The Balaban J connectivity index is 1.51. The lowest BCUT2D eigenvalue weighted by Gasteiger charge is -2.07. The van der Waals surface area contributed by atoms with Gasteiger partial charge < -0.3 is 4.90 Å². The highest BCUT2D eigenvalue weighted by atomic mass is 32.2. The molecule has 0 spiro atoms. The number of thiazole rings is 1. The van der Waals surface area contributed by atoms with Gasteiger partial charge in [0.1, 0.15) is 22.2 Å². The van der Waals surface area contributed by atoms with Crippen LogP contribution in [0.15, 0.2) is 47.1 Å². The van der Waals surface area contributed by atoms with Crippen molar-refractivity contribution in [1.29, 1.82) is 0 Å². The fourth-order valence-corrected chi connectivity index (χ4v) is 5.60. The van der Waals surface area contributed by atoms with Crippen LogP contribution in [-0.4, -0.2) is 39.9 Å². The third-order valence-electron chi connectivity index (χ3n) is 4.16. The molecule has 29 heavy (non-hydrogen) atoms. The molecule has 0 saturated heterocycles. The molecule has 1 aromatic carbocycles. The summed E-state index contributed by atoms with van der Waals surface area (Å²) in [6.07, 6.45) is 1.89. The molecule has 0 fully saturated rings. The minimum absolute atomic E-state index is 0.0444. The SMILES string of the molecule is CN(C)C(=O)Cc1nc(CSc2ncnc3cc(-c4ccc(F)cc4)sc23)cs1. The molecule has 0 aliphatic rings. The van der Waals surface area contributed by atoms with E-state index in [2.05, 4.69) is 15.0 Å². The van der Waals surface area contributed by atoms with Crippen LogP contribution in [-0.2, 0) is 17.0 Å². The van der Waals surface area contributed by atoms with E-state index in [0.29, 0.717) is 12.2 Å². The van der Waals surface area contributed by atoms with Crippen LogP contribution in [0, 0.1) is 5.82 Å². The van der Waals surface area contributed by atoms with E-state index in [4.69, 9.17) is 0 Å². The van der Waals surface area contributed by atoms with Gasteiger partial charge in [-0.05, 0) is 23.8 Å². The molecule has 4 rings (SSSR count). The average molecular weight is 445 g/mol. The van der Waals surface area contributed by atoms with Crippen LogP contribution < -0.4 is 0 Å². The predicted octanol–water partition coefficient (Wildman–Crippen LogP) is 4.88. The Labute approximate surface area is 179 Å². The second kappa shape index (κ2) is 8.56. The van der Waals surface area contributed by atoms with E-state index >= 15 is 0 Å². The van der Waals surface area contributed by atoms with Crippen molar-refractivity contribution in [3.05, 3.63) is 58.6 Å². The van der Waals surface area contributed by atoms with Crippen molar-refractivity contribution >= 4 is 50.6 Å². The van der Waals surface area contributed by atoms with E-state index in [9.17, 15) is 9.18 Å². The van der Waals surface area contributed by atoms with Gasteiger partial charge in [-0.25, -0.2) is 19.3 Å². The largest absolute Gasteiger partial charge is 0.348 e. The topological polar surface area (TPSA) is 59.0 Å². The highest BCUT2D eigenvalue weighted by Crippen LogP contribution is 2.37. The number of nitrogens with zero attached hydrogens (tertiary/aromatic N) is 4. The zero-order valence-electron chi connectivity index (χ0n) is 15.8. The predicted molar refractivity (Wildman–Crippen MR) is 117 cm³/mol. The first-order chi connectivity index (χ1) is 14.0. The van der Waals surface area contributed by atoms with E-state index in [1.54, 1.807) is 60.6 Å². The van der Waals surface area contributed by atoms with Crippen molar-refractivity contribution in [2.45, 2.75) is 17.2 Å². The van der Waals surface area contributed by atoms with E-state index in [-0.39, 0.29) is 11.7 Å². The maximum Gasteiger partial charge on any atom is 0.228 e. The Morgan fingerprint density at radius 3 is 2.76 bits per heavy atom. The number of halogens is 1. The summed E-state index contributed by atoms with van der Waals surface area (Å²) in [6, 6.07) is 8.47. The smallest absolute Gasteiger partial charge is 0.228 e. The first-order valence-electron chi connectivity index (χ1n) is 8.76. The molecule has 9 heteroatoms. The molecular weight excluding hydrogens is 427 g/mol. The molecule has 0 N–H and O–H groups in total. The Morgan fingerprint density at radius 1 is 1.21 bits per heavy atom. The van der Waals surface area contributed by atoms with Gasteiger partial charge in [0.25, 0.3) is 0 Å². The zero-order chi connectivity index (χ0) is 20.4. The normalized spacial score (nSPS) is 11.1. The van der Waals surface area contributed by atoms with Crippen molar-refractivity contribution in [1.82, 2.24) is 19.9 Å². The highest BCUT2D eigenvalue weighted by Gasteiger charge is 2.13. The monoisotopic (exact) mass is 444 g/mol. The number of hydrogen-bond acceptors (Lipinski definition) is 7. The van der Waals surface area contributed by atoms with Gasteiger partial charge in [0.05, 0.1) is 22.3 Å². The molecule has 0 atom stereocenters. The number of thioether (sulfide) groups is 1. The zero-order valence-corrected chi connectivity index (χ0v) is 18.2. The molecule has 0 radical (unpaired) electrons. The summed E-state index contributed by atoms with van der Waals surface area (Å²) in [6.45, 7) is 0. The molecule has 0 unspecified atom stereocenters. The molecule has 148 valence electrons. The number of carbonyl (C=O) groups excluding carboxylic acids is 1. The Kier molecular flexibility index (Phi) is 5.89. The van der Waals surface area contributed by atoms with Gasteiger partial charge in [0.15, 0.2) is 0 Å². The summed E-state index contributed by atoms with van der Waals surface area (Å²) >= 11 is 4.70. The van der Waals surface area contributed by atoms with Gasteiger partial charge in [0, 0.05) is 30.1 Å². The quantitative estimate of drug-likeness (QED) is 0.313. The lowest BCUT2D eigenvalue weighted by atomic mass is 10.2. The number of amides is 1. The molecule has 1 amide bonds. The van der Waals surface area contributed by atoms with E-state index in [1.807, 2.05) is 11.4 Å². The Morgan fingerprint density at radius 2 is 2.00 bits per heavy atom. The van der Waals surface area contributed by atoms with Gasteiger partial charge in [-0.2, -0.15) is 0 Å². The molecule has 3 heterocycles. The van der Waals surface area contributed by atoms with Gasteiger partial charge in [0.2, 0.25) is 5.91 Å². The second-order valence-corrected chi connectivity index (χ2v) is 9.46. The molecule has 3 aromatic heterocycles. The molecule has 0 saturated carbocycles. The number of fused-ring (bicyclic) bond motifs is 1. The fourth-order valence-electron chi connectivity index (χ4n) is 2.62. The van der Waals surface area contributed by atoms with Crippen LogP contribution in [0.3, 0.4) is 0 Å². The maximum atomic E-state index is 13.2. The van der Waals surface area contributed by atoms with Gasteiger partial charge in [-0.3, -0.25) is 4.79 Å². The van der Waals surface area contributed by atoms with E-state index in [1.165, 1.54) is 23.5 Å². The third kappa shape index (κ3) is 4.63. The molecule has 0 bridgehead atoms. The number of benzene rings is 1. The first-order valence-corrected chi connectivity index (χ1v) is 11.4. The van der Waals surface area contributed by atoms with Gasteiger partial charge >= 0.3 is 0 Å². The summed E-state index contributed by atoms with van der Waals surface area (Å²) in [4.78, 5) is 27.8. The number of aromatic nitrogens is 3. The summed E-state index contributed by atoms with van der Waals surface area (Å²) in [5, 5.41) is 3.70. The van der Waals surface area contributed by atoms with Crippen LogP contribution in [0.5, 0.6) is 0 Å². The maximum absolute atomic E-state index is 13.2. The van der Waals surface area contributed by atoms with Crippen LogP contribution in [0.4, 0.5) is 4.39 Å². The van der Waals surface area contributed by atoms with Gasteiger partial charge in [-0.1, -0.05) is 23.9 Å². The molecule has 0 aliphatic carbocycles. The van der Waals surface area contributed by atoms with Crippen molar-refractivity contribution < 1.29 is 9.18 Å². The molecule has 4 aromatic rings. The van der Waals surface area contributed by atoms with Crippen molar-refractivity contribution in [2.75, 3.05) is 14.1 Å². The minimum atomic E-state index is -0.249. The Bertz CT molecular complexity index is 1150.